The number of aromatic hydroxyl groups is 8. The molecular formula is C49H33BO9. The van der Waals surface area contributed by atoms with E-state index < -0.39 is 62.6 Å². The van der Waals surface area contributed by atoms with Crippen molar-refractivity contribution < 1.29 is 45.3 Å². The van der Waals surface area contributed by atoms with Gasteiger partial charge in [-0.1, -0.05) is 110 Å². The van der Waals surface area contributed by atoms with Gasteiger partial charge >= 0.3 is 0 Å². The first-order valence-electron chi connectivity index (χ1n) is 18.5. The van der Waals surface area contributed by atoms with Crippen LogP contribution >= 0.6 is 0 Å². The van der Waals surface area contributed by atoms with Gasteiger partial charge in [0, 0.05) is 21.9 Å². The Balaban J connectivity index is 1.25. The summed E-state index contributed by atoms with van der Waals surface area (Å²) in [7, 11) is 6.15. The van der Waals surface area contributed by atoms with Crippen molar-refractivity contribution in [2.24, 2.45) is 0 Å². The molecule has 9 nitrogen and oxygen atoms in total. The van der Waals surface area contributed by atoms with Crippen LogP contribution in [0, 0.1) is 0 Å². The Morgan fingerprint density at radius 1 is 0.525 bits per heavy atom. The molecule has 0 fully saturated rings. The maximum atomic E-state index is 12.0. The zero-order valence-electron chi connectivity index (χ0n) is 31.2. The minimum Gasteiger partial charge on any atom is -0.507 e. The van der Waals surface area contributed by atoms with E-state index in [2.05, 4.69) is 43.5 Å². The molecule has 0 spiro atoms. The molecule has 0 saturated carbocycles. The lowest BCUT2D eigenvalue weighted by Gasteiger charge is -2.24. The lowest BCUT2D eigenvalue weighted by Crippen LogP contribution is -2.10. The number of hydrogen-bond acceptors (Lipinski definition) is 9. The molecule has 1 aromatic heterocycles. The second-order valence-electron chi connectivity index (χ2n) is 14.3. The summed E-state index contributed by atoms with van der Waals surface area (Å²) in [5, 5.41) is 90.2. The van der Waals surface area contributed by atoms with Gasteiger partial charge in [0.2, 0.25) is 17.2 Å². The first-order valence-corrected chi connectivity index (χ1v) is 18.5. The zero-order valence-corrected chi connectivity index (χ0v) is 31.2. The lowest BCUT2D eigenvalue weighted by molar-refractivity contribution is 0.329. The SMILES string of the molecule is [B]c1c(O)c(O)c(-c2c(C=C)c(C=C)c(-c3ccc(-c4cccc5oc6cc7c(cc6c45)CC=CC=C7)cc3)c3ccccc23)c(O)c1-c1c(O)c(O)c(O)c(O)c1O. The molecule has 0 unspecified atom stereocenters. The normalized spacial score (nSPS) is 12.3. The minimum atomic E-state index is -1.24. The Labute approximate surface area is 338 Å². The molecule has 8 N–H and O–H groups in total. The Kier molecular flexibility index (Phi) is 8.45. The maximum absolute atomic E-state index is 12.0. The highest BCUT2D eigenvalue weighted by molar-refractivity contribution is 6.40. The van der Waals surface area contributed by atoms with Crippen LogP contribution in [0.3, 0.4) is 0 Å². The largest absolute Gasteiger partial charge is 0.507 e. The van der Waals surface area contributed by atoms with Gasteiger partial charge in [-0.3, -0.25) is 0 Å². The number of rotatable bonds is 6. The fourth-order valence-electron chi connectivity index (χ4n) is 8.38. The summed E-state index contributed by atoms with van der Waals surface area (Å²) in [5.41, 5.74) is 5.97. The number of hydrogen-bond donors (Lipinski definition) is 8. The van der Waals surface area contributed by atoms with E-state index in [1.54, 1.807) is 18.2 Å². The van der Waals surface area contributed by atoms with E-state index in [9.17, 15) is 40.9 Å². The number of phenolic OH excluding ortho intramolecular Hbond substituents is 8. The Morgan fingerprint density at radius 3 is 1.80 bits per heavy atom. The van der Waals surface area contributed by atoms with Gasteiger partial charge in [-0.2, -0.15) is 0 Å². The molecule has 0 atom stereocenters. The average molecular weight is 777 g/mol. The predicted molar refractivity (Wildman–Crippen MR) is 234 cm³/mol. The monoisotopic (exact) mass is 776 g/mol. The van der Waals surface area contributed by atoms with Crippen LogP contribution in [-0.4, -0.2) is 48.7 Å². The highest BCUT2D eigenvalue weighted by Gasteiger charge is 2.33. The second-order valence-corrected chi connectivity index (χ2v) is 14.3. The minimum absolute atomic E-state index is 0.172. The molecule has 7 aromatic carbocycles. The van der Waals surface area contributed by atoms with E-state index in [0.717, 1.165) is 56.2 Å². The Morgan fingerprint density at radius 2 is 1.12 bits per heavy atom. The summed E-state index contributed by atoms with van der Waals surface area (Å²) in [6.07, 6.45) is 12.2. The molecule has 59 heavy (non-hydrogen) atoms. The van der Waals surface area contributed by atoms with Gasteiger partial charge in [-0.15, -0.1) is 0 Å². The van der Waals surface area contributed by atoms with E-state index in [-0.39, 0.29) is 11.1 Å². The van der Waals surface area contributed by atoms with Crippen molar-refractivity contribution in [2.75, 3.05) is 0 Å². The van der Waals surface area contributed by atoms with Crippen molar-refractivity contribution in [3.05, 3.63) is 133 Å². The second kappa shape index (κ2) is 13.6. The van der Waals surface area contributed by atoms with Crippen LogP contribution in [0.25, 0.3) is 95.4 Å². The molecule has 8 aromatic rings. The van der Waals surface area contributed by atoms with Gasteiger partial charge in [0.1, 0.15) is 24.8 Å². The number of benzene rings is 7. The number of phenols is 8. The molecule has 0 amide bonds. The fourth-order valence-corrected chi connectivity index (χ4v) is 8.38. The van der Waals surface area contributed by atoms with Crippen molar-refractivity contribution >= 4 is 64.2 Å². The van der Waals surface area contributed by atoms with E-state index in [0.29, 0.717) is 21.9 Å². The number of furan rings is 1. The van der Waals surface area contributed by atoms with E-state index in [1.165, 1.54) is 11.6 Å². The third kappa shape index (κ3) is 5.34. The lowest BCUT2D eigenvalue weighted by atomic mass is 9.78. The topological polar surface area (TPSA) is 175 Å². The standard InChI is InChI=1S/C49H33BO9/c1-3-27-28(4-2)37(39-42(51)38(41(50)46(55)43(39)52)40-44(53)47(56)49(58)48(57)45(40)54)31-14-9-8-13-30(31)35(27)24-19-17-23(18-20-24)29-15-10-16-33-36(29)32-21-25-11-6-5-7-12-26(25)22-34(32)59-33/h3-10,12-22,51-58H,1-2,11H2. The van der Waals surface area contributed by atoms with Crippen LogP contribution in [0.1, 0.15) is 22.3 Å². The van der Waals surface area contributed by atoms with Crippen molar-refractivity contribution in [2.45, 2.75) is 6.42 Å². The van der Waals surface area contributed by atoms with E-state index >= 15 is 0 Å². The molecular weight excluding hydrogens is 743 g/mol. The summed E-state index contributed by atoms with van der Waals surface area (Å²) >= 11 is 0. The van der Waals surface area contributed by atoms with E-state index in [4.69, 9.17) is 12.3 Å². The zero-order chi connectivity index (χ0) is 41.4. The van der Waals surface area contributed by atoms with Crippen LogP contribution in [0.15, 0.2) is 115 Å². The van der Waals surface area contributed by atoms with Gasteiger partial charge < -0.3 is 45.3 Å². The smallest absolute Gasteiger partial charge is 0.208 e. The Hall–Kier alpha value is -7.98. The summed E-state index contributed by atoms with van der Waals surface area (Å²) in [6.45, 7) is 8.17. The van der Waals surface area contributed by atoms with Gasteiger partial charge in [0.25, 0.3) is 0 Å². The summed E-state index contributed by atoms with van der Waals surface area (Å²) in [6, 6.07) is 25.5. The van der Waals surface area contributed by atoms with Gasteiger partial charge in [0.05, 0.1) is 11.1 Å². The highest BCUT2D eigenvalue weighted by atomic mass is 16.4. The van der Waals surface area contributed by atoms with Crippen LogP contribution in [0.5, 0.6) is 46.0 Å². The molecule has 0 saturated heterocycles. The van der Waals surface area contributed by atoms with Gasteiger partial charge in [-0.25, -0.2) is 0 Å². The first kappa shape index (κ1) is 36.7. The molecule has 1 heterocycles. The maximum Gasteiger partial charge on any atom is 0.208 e. The summed E-state index contributed by atoms with van der Waals surface area (Å²) in [4.78, 5) is 0. The average Bonchev–Trinajstić information content (AvgIpc) is 3.46. The quantitative estimate of drug-likeness (QED) is 0.0464. The third-order valence-electron chi connectivity index (χ3n) is 11.1. The van der Waals surface area contributed by atoms with Gasteiger partial charge in [-0.05, 0) is 85.4 Å². The molecule has 0 aliphatic heterocycles. The van der Waals surface area contributed by atoms with Crippen LogP contribution in [-0.2, 0) is 6.42 Å². The van der Waals surface area contributed by atoms with Crippen molar-refractivity contribution in [3.63, 3.8) is 0 Å². The van der Waals surface area contributed by atoms with Crippen molar-refractivity contribution in [1.82, 2.24) is 0 Å². The predicted octanol–water partition coefficient (Wildman–Crippen LogP) is 10.3. The Bertz CT molecular complexity index is 3180. The van der Waals surface area contributed by atoms with Gasteiger partial charge in [0.15, 0.2) is 23.0 Å². The summed E-state index contributed by atoms with van der Waals surface area (Å²) < 4.78 is 6.37. The molecule has 9 rings (SSSR count). The molecule has 1 aliphatic carbocycles. The van der Waals surface area contributed by atoms with Crippen LogP contribution in [0.4, 0.5) is 0 Å². The third-order valence-corrected chi connectivity index (χ3v) is 11.1. The molecule has 10 heteroatoms. The number of fused-ring (bicyclic) bond motifs is 5. The van der Waals surface area contributed by atoms with Crippen molar-refractivity contribution in [1.29, 1.82) is 0 Å². The van der Waals surface area contributed by atoms with Crippen LogP contribution in [0.2, 0.25) is 0 Å². The highest BCUT2D eigenvalue weighted by Crippen LogP contribution is 2.59. The molecule has 2 radical (unpaired) electrons. The van der Waals surface area contributed by atoms with Crippen LogP contribution < -0.4 is 5.46 Å². The molecule has 1 aliphatic rings. The summed E-state index contributed by atoms with van der Waals surface area (Å²) in [5.74, 6) is -8.68. The molecule has 0 bridgehead atoms. The van der Waals surface area contributed by atoms with Crippen molar-refractivity contribution in [3.8, 4) is 90.5 Å². The van der Waals surface area contributed by atoms with E-state index in [1.807, 2.05) is 60.7 Å². The molecule has 286 valence electrons. The first-order chi connectivity index (χ1) is 28.5. The fraction of sp³-hybridized carbons (Fsp3) is 0.0204. The number of allylic oxidation sites excluding steroid dienone is 3.